The van der Waals surface area contributed by atoms with Crippen LogP contribution in [0.2, 0.25) is 0 Å². The van der Waals surface area contributed by atoms with Crippen LogP contribution in [0.25, 0.3) is 10.9 Å². The third-order valence-electron chi connectivity index (χ3n) is 3.17. The first-order valence-corrected chi connectivity index (χ1v) is 7.43. The number of aromatic nitrogens is 1. The Morgan fingerprint density at radius 3 is 2.55 bits per heavy atom. The molecule has 0 spiro atoms. The van der Waals surface area contributed by atoms with Gasteiger partial charge in [-0.05, 0) is 24.1 Å². The zero-order chi connectivity index (χ0) is 14.7. The van der Waals surface area contributed by atoms with E-state index in [9.17, 15) is 0 Å². The average molecular weight is 337 g/mol. The number of fused-ring (bicyclic) bond motifs is 1. The van der Waals surface area contributed by atoms with Gasteiger partial charge in [0, 0.05) is 56.3 Å². The molecule has 1 aromatic carbocycles. The molecule has 0 radical (unpaired) electrons. The van der Waals surface area contributed by atoms with Gasteiger partial charge in [0.2, 0.25) is 0 Å². The van der Waals surface area contributed by atoms with E-state index in [2.05, 4.69) is 44.2 Å². The highest BCUT2D eigenvalue weighted by atomic mass is 79.9. The maximum absolute atomic E-state index is 4.67. The van der Waals surface area contributed by atoms with Crippen molar-refractivity contribution in [2.75, 3.05) is 34.7 Å². The summed E-state index contributed by atoms with van der Waals surface area (Å²) in [6.45, 7) is 0.778. The summed E-state index contributed by atoms with van der Waals surface area (Å²) in [5.74, 6) is 0.990. The maximum atomic E-state index is 4.67. The van der Waals surface area contributed by atoms with Gasteiger partial charge in [-0.15, -0.1) is 0 Å². The van der Waals surface area contributed by atoms with Crippen LogP contribution in [0.4, 0.5) is 0 Å². The molecule has 0 aliphatic carbocycles. The van der Waals surface area contributed by atoms with Crippen LogP contribution in [0.3, 0.4) is 0 Å². The molecule has 1 heterocycles. The second kappa shape index (κ2) is 6.31. The van der Waals surface area contributed by atoms with Crippen LogP contribution >= 0.6 is 15.9 Å². The molecular weight excluding hydrogens is 316 g/mol. The van der Waals surface area contributed by atoms with Gasteiger partial charge in [-0.25, -0.2) is 0 Å². The van der Waals surface area contributed by atoms with Gasteiger partial charge in [0.15, 0.2) is 5.96 Å². The summed E-state index contributed by atoms with van der Waals surface area (Å²) >= 11 is 3.62. The molecule has 1 aromatic heterocycles. The number of nitrogens with zero attached hydrogens (tertiary/aromatic N) is 3. The highest BCUT2D eigenvalue weighted by molar-refractivity contribution is 9.10. The van der Waals surface area contributed by atoms with E-state index in [1.54, 1.807) is 0 Å². The summed E-state index contributed by atoms with van der Waals surface area (Å²) in [7, 11) is 8.06. The van der Waals surface area contributed by atoms with Crippen molar-refractivity contribution in [3.63, 3.8) is 0 Å². The van der Waals surface area contributed by atoms with Crippen molar-refractivity contribution in [2.24, 2.45) is 4.99 Å². The van der Waals surface area contributed by atoms with E-state index < -0.39 is 0 Å². The average Bonchev–Trinajstić information content (AvgIpc) is 2.78. The van der Waals surface area contributed by atoms with Gasteiger partial charge in [0.1, 0.15) is 0 Å². The second-order valence-electron chi connectivity index (χ2n) is 5.20. The van der Waals surface area contributed by atoms with Crippen molar-refractivity contribution in [1.82, 2.24) is 14.8 Å². The Morgan fingerprint density at radius 1 is 1.20 bits per heavy atom. The van der Waals surface area contributed by atoms with E-state index in [1.165, 1.54) is 16.5 Å². The van der Waals surface area contributed by atoms with Gasteiger partial charge in [-0.2, -0.15) is 0 Å². The molecule has 20 heavy (non-hydrogen) atoms. The van der Waals surface area contributed by atoms with Crippen molar-refractivity contribution >= 4 is 32.8 Å². The van der Waals surface area contributed by atoms with Gasteiger partial charge >= 0.3 is 0 Å². The van der Waals surface area contributed by atoms with E-state index in [1.807, 2.05) is 44.1 Å². The summed E-state index contributed by atoms with van der Waals surface area (Å²) in [6, 6.07) is 6.22. The quantitative estimate of drug-likeness (QED) is 0.690. The fraction of sp³-hybridized carbons (Fsp3) is 0.400. The molecule has 0 saturated carbocycles. The van der Waals surface area contributed by atoms with E-state index in [0.717, 1.165) is 23.4 Å². The number of halogens is 1. The van der Waals surface area contributed by atoms with Crippen LogP contribution in [0.1, 0.15) is 5.56 Å². The van der Waals surface area contributed by atoms with E-state index in [4.69, 9.17) is 0 Å². The number of hydrogen-bond donors (Lipinski definition) is 1. The number of aliphatic imine (C=N–C) groups is 1. The first-order valence-electron chi connectivity index (χ1n) is 6.64. The minimum atomic E-state index is 0.778. The van der Waals surface area contributed by atoms with Crippen LogP contribution in [-0.4, -0.2) is 55.5 Å². The number of benzene rings is 1. The SMILES string of the molecule is CN(C)C(=NCCc1c[nH]c2cccc(Br)c12)N(C)C. The normalized spacial score (nSPS) is 10.7. The van der Waals surface area contributed by atoms with Crippen LogP contribution in [0.5, 0.6) is 0 Å². The molecule has 2 rings (SSSR count). The van der Waals surface area contributed by atoms with E-state index >= 15 is 0 Å². The molecule has 0 aliphatic heterocycles. The number of H-pyrrole nitrogens is 1. The summed E-state index contributed by atoms with van der Waals surface area (Å²) in [5, 5.41) is 1.26. The fourth-order valence-electron chi connectivity index (χ4n) is 2.36. The number of aromatic amines is 1. The van der Waals surface area contributed by atoms with Gasteiger partial charge in [-0.1, -0.05) is 22.0 Å². The third-order valence-corrected chi connectivity index (χ3v) is 3.83. The van der Waals surface area contributed by atoms with Gasteiger partial charge in [-0.3, -0.25) is 4.99 Å². The Labute approximate surface area is 128 Å². The highest BCUT2D eigenvalue weighted by Crippen LogP contribution is 2.27. The standard InChI is InChI=1S/C15H21BrN4/c1-19(2)15(20(3)4)17-9-8-11-10-18-13-7-5-6-12(16)14(11)13/h5-7,10,18H,8-9H2,1-4H3. The molecule has 5 heteroatoms. The molecule has 0 atom stereocenters. The molecule has 2 aromatic rings. The van der Waals surface area contributed by atoms with Gasteiger partial charge in [0.25, 0.3) is 0 Å². The summed E-state index contributed by atoms with van der Waals surface area (Å²) in [5.41, 5.74) is 2.46. The topological polar surface area (TPSA) is 34.6 Å². The molecule has 0 amide bonds. The van der Waals surface area contributed by atoms with Crippen LogP contribution in [0.15, 0.2) is 33.9 Å². The zero-order valence-corrected chi connectivity index (χ0v) is 14.0. The molecule has 0 bridgehead atoms. The molecule has 108 valence electrons. The Hall–Kier alpha value is -1.49. The van der Waals surface area contributed by atoms with Crippen molar-refractivity contribution < 1.29 is 0 Å². The molecule has 0 unspecified atom stereocenters. The Balaban J connectivity index is 2.16. The molecule has 1 N–H and O–H groups in total. The monoisotopic (exact) mass is 336 g/mol. The lowest BCUT2D eigenvalue weighted by atomic mass is 10.1. The first kappa shape index (κ1) is 14.9. The minimum Gasteiger partial charge on any atom is -0.361 e. The Bertz CT molecular complexity index is 603. The molecule has 4 nitrogen and oxygen atoms in total. The van der Waals surface area contributed by atoms with E-state index in [0.29, 0.717) is 0 Å². The largest absolute Gasteiger partial charge is 0.361 e. The van der Waals surface area contributed by atoms with Crippen LogP contribution in [-0.2, 0) is 6.42 Å². The fourth-order valence-corrected chi connectivity index (χ4v) is 2.99. The highest BCUT2D eigenvalue weighted by Gasteiger charge is 2.07. The summed E-state index contributed by atoms with van der Waals surface area (Å²) in [4.78, 5) is 12.1. The predicted octanol–water partition coefficient (Wildman–Crippen LogP) is 2.95. The molecule has 0 aliphatic rings. The van der Waals surface area contributed by atoms with Crippen molar-refractivity contribution in [3.05, 3.63) is 34.4 Å². The number of nitrogens with one attached hydrogen (secondary N) is 1. The van der Waals surface area contributed by atoms with E-state index in [-0.39, 0.29) is 0 Å². The zero-order valence-electron chi connectivity index (χ0n) is 12.4. The molecule has 0 fully saturated rings. The predicted molar refractivity (Wildman–Crippen MR) is 89.4 cm³/mol. The third kappa shape index (κ3) is 3.15. The van der Waals surface area contributed by atoms with Gasteiger partial charge in [0.05, 0.1) is 0 Å². The summed E-state index contributed by atoms with van der Waals surface area (Å²) < 4.78 is 1.13. The lowest BCUT2D eigenvalue weighted by Gasteiger charge is -2.22. The Kier molecular flexibility index (Phi) is 4.70. The molecule has 0 saturated heterocycles. The van der Waals surface area contributed by atoms with Gasteiger partial charge < -0.3 is 14.8 Å². The van der Waals surface area contributed by atoms with Crippen LogP contribution in [0, 0.1) is 0 Å². The minimum absolute atomic E-state index is 0.778. The van der Waals surface area contributed by atoms with Crippen molar-refractivity contribution in [1.29, 1.82) is 0 Å². The maximum Gasteiger partial charge on any atom is 0.195 e. The smallest absolute Gasteiger partial charge is 0.195 e. The van der Waals surface area contributed by atoms with Crippen LogP contribution < -0.4 is 0 Å². The van der Waals surface area contributed by atoms with Crippen molar-refractivity contribution in [3.8, 4) is 0 Å². The number of hydrogen-bond acceptors (Lipinski definition) is 1. The number of guanidine groups is 1. The lowest BCUT2D eigenvalue weighted by molar-refractivity contribution is 0.479. The van der Waals surface area contributed by atoms with Crippen molar-refractivity contribution in [2.45, 2.75) is 6.42 Å². The summed E-state index contributed by atoms with van der Waals surface area (Å²) in [6.07, 6.45) is 3.00. The Morgan fingerprint density at radius 2 is 1.90 bits per heavy atom. The second-order valence-corrected chi connectivity index (χ2v) is 6.05. The lowest BCUT2D eigenvalue weighted by Crippen LogP contribution is -2.35. The number of rotatable bonds is 3. The first-order chi connectivity index (χ1) is 9.50. The molecular formula is C15H21BrN4.